The van der Waals surface area contributed by atoms with Crippen LogP contribution in [0.2, 0.25) is 10.0 Å². The molecule has 2 saturated heterocycles. The molecule has 5 heterocycles. The Hall–Kier alpha value is -5.65. The van der Waals surface area contributed by atoms with Crippen molar-refractivity contribution in [2.45, 2.75) is 70.0 Å². The second-order valence-corrected chi connectivity index (χ2v) is 14.9. The Labute approximate surface area is 336 Å². The normalized spacial score (nSPS) is 17.4. The van der Waals surface area contributed by atoms with E-state index in [1.165, 1.54) is 12.3 Å². The summed E-state index contributed by atoms with van der Waals surface area (Å²) in [4.78, 5) is 79.5. The van der Waals surface area contributed by atoms with Crippen LogP contribution in [0.5, 0.6) is 5.75 Å². The van der Waals surface area contributed by atoms with Gasteiger partial charge in [-0.05, 0) is 69.3 Å². The Morgan fingerprint density at radius 1 is 0.912 bits per heavy atom. The zero-order chi connectivity index (χ0) is 40.1. The molecule has 0 radical (unpaired) electrons. The van der Waals surface area contributed by atoms with Gasteiger partial charge in [0.25, 0.3) is 23.6 Å². The number of carbonyl (C=O) groups excluding carboxylic acids is 6. The van der Waals surface area contributed by atoms with Gasteiger partial charge < -0.3 is 20.3 Å². The standard InChI is InChI=1S/C38H40Cl2N10O7/c39-25-8-4-9-26(40)32(25)35(53)43-27-20-41-46-33(27)36(54)42-22-13-17-48(18-14-22)15-2-1-6-23-21-49(47-45-23)16-5-19-57-29-10-3-7-24-31(29)38(56)50(37(24)55)28-11-12-30(51)44-34(28)52/h3-4,7-10,20-22,28H,1-2,5-6,11-19H2,(H,41,46)(H,42,54)(H,43,53)(H,44,51,52). The number of aryl methyl sites for hydroxylation is 2. The lowest BCUT2D eigenvalue weighted by Gasteiger charge is -2.32. The molecular formula is C38H40Cl2N10O7. The molecule has 3 aliphatic heterocycles. The minimum atomic E-state index is -1.04. The second-order valence-electron chi connectivity index (χ2n) is 14.1. The molecule has 1 unspecified atom stereocenters. The number of aromatic amines is 1. The van der Waals surface area contributed by atoms with Crippen molar-refractivity contribution in [3.63, 3.8) is 0 Å². The van der Waals surface area contributed by atoms with Gasteiger partial charge in [-0.3, -0.25) is 48.8 Å². The second kappa shape index (κ2) is 17.7. The van der Waals surface area contributed by atoms with E-state index in [1.54, 1.807) is 35.0 Å². The average molecular weight is 820 g/mol. The zero-order valence-electron chi connectivity index (χ0n) is 30.8. The molecule has 2 fully saturated rings. The molecule has 17 nitrogen and oxygen atoms in total. The number of carbonyl (C=O) groups is 6. The van der Waals surface area contributed by atoms with Gasteiger partial charge in [0.05, 0.1) is 50.9 Å². The first-order chi connectivity index (χ1) is 27.6. The van der Waals surface area contributed by atoms with Crippen molar-refractivity contribution in [2.24, 2.45) is 0 Å². The molecule has 2 aromatic carbocycles. The maximum Gasteiger partial charge on any atom is 0.271 e. The minimum Gasteiger partial charge on any atom is -0.493 e. The summed E-state index contributed by atoms with van der Waals surface area (Å²) in [7, 11) is 0. The molecule has 3 aliphatic rings. The van der Waals surface area contributed by atoms with Gasteiger partial charge >= 0.3 is 0 Å². The zero-order valence-corrected chi connectivity index (χ0v) is 32.3. The van der Waals surface area contributed by atoms with E-state index >= 15 is 0 Å². The fraction of sp³-hybridized carbons (Fsp3) is 0.395. The van der Waals surface area contributed by atoms with E-state index < -0.39 is 35.6 Å². The van der Waals surface area contributed by atoms with Crippen molar-refractivity contribution in [3.05, 3.63) is 86.9 Å². The van der Waals surface area contributed by atoms with Crippen LogP contribution in [0.25, 0.3) is 0 Å². The van der Waals surface area contributed by atoms with Gasteiger partial charge in [0.1, 0.15) is 17.5 Å². The molecule has 57 heavy (non-hydrogen) atoms. The highest BCUT2D eigenvalue weighted by atomic mass is 35.5. The highest BCUT2D eigenvalue weighted by Crippen LogP contribution is 2.34. The third-order valence-corrected chi connectivity index (χ3v) is 10.8. The number of nitrogens with zero attached hydrogens (tertiary/aromatic N) is 6. The predicted molar refractivity (Wildman–Crippen MR) is 206 cm³/mol. The summed E-state index contributed by atoms with van der Waals surface area (Å²) in [5, 5.41) is 23.5. The van der Waals surface area contributed by atoms with Crippen LogP contribution in [0.1, 0.15) is 92.2 Å². The number of aromatic nitrogens is 5. The summed E-state index contributed by atoms with van der Waals surface area (Å²) in [6.45, 7) is 3.41. The number of amides is 6. The van der Waals surface area contributed by atoms with E-state index in [-0.39, 0.29) is 75.3 Å². The highest BCUT2D eigenvalue weighted by molar-refractivity contribution is 6.40. The number of likely N-dealkylation sites (tertiary alicyclic amines) is 1. The molecule has 4 N–H and O–H groups in total. The number of hydrogen-bond acceptors (Lipinski definition) is 11. The van der Waals surface area contributed by atoms with Crippen LogP contribution in [0.3, 0.4) is 0 Å². The van der Waals surface area contributed by atoms with E-state index in [4.69, 9.17) is 27.9 Å². The molecular weight excluding hydrogens is 779 g/mol. The number of rotatable bonds is 15. The summed E-state index contributed by atoms with van der Waals surface area (Å²) in [6.07, 6.45) is 8.26. The lowest BCUT2D eigenvalue weighted by atomic mass is 10.0. The van der Waals surface area contributed by atoms with Crippen LogP contribution in [-0.4, -0.2) is 109 Å². The smallest absolute Gasteiger partial charge is 0.271 e. The number of imide groups is 2. The molecule has 6 amide bonds. The SMILES string of the molecule is O=C1CCC(N2C(=O)c3cccc(OCCCn4cc(CCCCN5CCC(NC(=O)c6[nH]ncc6NC(=O)c6c(Cl)cccc6Cl)CC5)nn4)c3C2=O)C(=O)N1. The van der Waals surface area contributed by atoms with Crippen molar-refractivity contribution in [2.75, 3.05) is 31.6 Å². The Balaban J connectivity index is 0.788. The largest absolute Gasteiger partial charge is 0.493 e. The molecule has 0 bridgehead atoms. The summed E-state index contributed by atoms with van der Waals surface area (Å²) >= 11 is 12.3. The van der Waals surface area contributed by atoms with Gasteiger partial charge in [-0.1, -0.05) is 40.5 Å². The third-order valence-electron chi connectivity index (χ3n) is 10.2. The van der Waals surface area contributed by atoms with Crippen LogP contribution in [0.15, 0.2) is 48.8 Å². The number of ether oxygens (including phenoxy) is 1. The maximum atomic E-state index is 13.3. The summed E-state index contributed by atoms with van der Waals surface area (Å²) in [5.41, 5.74) is 1.67. The molecule has 0 aliphatic carbocycles. The number of unbranched alkanes of at least 4 members (excludes halogenated alkanes) is 1. The van der Waals surface area contributed by atoms with Crippen LogP contribution in [0, 0.1) is 0 Å². The maximum absolute atomic E-state index is 13.3. The van der Waals surface area contributed by atoms with Gasteiger partial charge in [0.2, 0.25) is 11.8 Å². The molecule has 1 atom stereocenters. The van der Waals surface area contributed by atoms with Gasteiger partial charge in [-0.2, -0.15) is 5.10 Å². The fourth-order valence-corrected chi connectivity index (χ4v) is 7.80. The molecule has 19 heteroatoms. The van der Waals surface area contributed by atoms with E-state index in [1.807, 2.05) is 6.20 Å². The van der Waals surface area contributed by atoms with Crippen LogP contribution < -0.4 is 20.7 Å². The number of piperidine rings is 2. The van der Waals surface area contributed by atoms with Crippen molar-refractivity contribution in [1.82, 2.24) is 45.6 Å². The van der Waals surface area contributed by atoms with Gasteiger partial charge in [0, 0.05) is 44.7 Å². The van der Waals surface area contributed by atoms with Crippen molar-refractivity contribution in [3.8, 4) is 5.75 Å². The Morgan fingerprint density at radius 3 is 2.46 bits per heavy atom. The molecule has 0 spiro atoms. The van der Waals surface area contributed by atoms with E-state index in [9.17, 15) is 28.8 Å². The summed E-state index contributed by atoms with van der Waals surface area (Å²) in [5.74, 6) is -2.92. The number of fused-ring (bicyclic) bond motifs is 1. The number of halogens is 2. The first kappa shape index (κ1) is 39.6. The molecule has 298 valence electrons. The third kappa shape index (κ3) is 9.00. The Bertz CT molecular complexity index is 2180. The highest BCUT2D eigenvalue weighted by Gasteiger charge is 2.46. The first-order valence-corrected chi connectivity index (χ1v) is 19.5. The van der Waals surface area contributed by atoms with Crippen LogP contribution in [-0.2, 0) is 22.6 Å². The average Bonchev–Trinajstić information content (AvgIpc) is 3.91. The monoisotopic (exact) mass is 818 g/mol. The minimum absolute atomic E-state index is 0.0189. The van der Waals surface area contributed by atoms with Gasteiger partial charge in [-0.15, -0.1) is 5.10 Å². The quantitative estimate of drug-likeness (QED) is 0.100. The van der Waals surface area contributed by atoms with Gasteiger partial charge in [0.15, 0.2) is 0 Å². The summed E-state index contributed by atoms with van der Waals surface area (Å²) in [6, 6.07) is 8.48. The number of hydrogen-bond donors (Lipinski definition) is 4. The topological polar surface area (TPSA) is 214 Å². The Morgan fingerprint density at radius 2 is 1.68 bits per heavy atom. The fourth-order valence-electron chi connectivity index (χ4n) is 7.23. The molecule has 2 aromatic heterocycles. The lowest BCUT2D eigenvalue weighted by Crippen LogP contribution is -2.54. The Kier molecular flexibility index (Phi) is 12.3. The van der Waals surface area contributed by atoms with E-state index in [0.29, 0.717) is 13.0 Å². The number of benzene rings is 2. The number of anilines is 1. The van der Waals surface area contributed by atoms with Crippen molar-refractivity contribution in [1.29, 1.82) is 0 Å². The molecule has 4 aromatic rings. The predicted octanol–water partition coefficient (Wildman–Crippen LogP) is 3.65. The van der Waals surface area contributed by atoms with Crippen LogP contribution in [0.4, 0.5) is 5.69 Å². The number of nitrogens with one attached hydrogen (secondary N) is 4. The van der Waals surface area contributed by atoms with Crippen molar-refractivity contribution < 1.29 is 33.5 Å². The summed E-state index contributed by atoms with van der Waals surface area (Å²) < 4.78 is 7.68. The molecule has 0 saturated carbocycles. The van der Waals surface area contributed by atoms with Gasteiger partial charge in [-0.25, -0.2) is 0 Å². The van der Waals surface area contributed by atoms with Crippen LogP contribution >= 0.6 is 23.2 Å². The number of H-pyrrole nitrogens is 1. The molecule has 7 rings (SSSR count). The van der Waals surface area contributed by atoms with Crippen molar-refractivity contribution >= 4 is 64.3 Å². The first-order valence-electron chi connectivity index (χ1n) is 18.8. The van der Waals surface area contributed by atoms with E-state index in [0.717, 1.165) is 62.3 Å². The van der Waals surface area contributed by atoms with E-state index in [2.05, 4.69) is 41.4 Å². The lowest BCUT2D eigenvalue weighted by molar-refractivity contribution is -0.136.